The standard InChI is InChI=1S/C18H29ClN2/c1-14(15-9-11-17(19)12-10-15)21(3)13-16-7-5-4-6-8-18(16)20-2/h9-12,14,16,18,20H,4-8,13H2,1-3H3. The quantitative estimate of drug-likeness (QED) is 0.806. The van der Waals surface area contributed by atoms with Crippen LogP contribution in [0.3, 0.4) is 0 Å². The number of benzene rings is 1. The van der Waals surface area contributed by atoms with E-state index in [1.54, 1.807) is 0 Å². The van der Waals surface area contributed by atoms with Gasteiger partial charge in [0.1, 0.15) is 0 Å². The first-order chi connectivity index (χ1) is 10.1. The van der Waals surface area contributed by atoms with Gasteiger partial charge in [-0.2, -0.15) is 0 Å². The number of halogens is 1. The van der Waals surface area contributed by atoms with Crippen LogP contribution in [0.4, 0.5) is 0 Å². The molecule has 0 spiro atoms. The van der Waals surface area contributed by atoms with Gasteiger partial charge in [-0.15, -0.1) is 0 Å². The summed E-state index contributed by atoms with van der Waals surface area (Å²) in [6, 6.07) is 9.38. The maximum absolute atomic E-state index is 5.99. The lowest BCUT2D eigenvalue weighted by Gasteiger charge is -2.32. The zero-order valence-electron chi connectivity index (χ0n) is 13.6. The van der Waals surface area contributed by atoms with Crippen LogP contribution in [-0.4, -0.2) is 31.6 Å². The van der Waals surface area contributed by atoms with Gasteiger partial charge >= 0.3 is 0 Å². The largest absolute Gasteiger partial charge is 0.317 e. The Balaban J connectivity index is 1.98. The van der Waals surface area contributed by atoms with Crippen molar-refractivity contribution < 1.29 is 0 Å². The molecule has 1 aliphatic rings. The lowest BCUT2D eigenvalue weighted by molar-refractivity contribution is 0.188. The van der Waals surface area contributed by atoms with Gasteiger partial charge in [0.05, 0.1) is 0 Å². The Bertz CT molecular complexity index is 418. The lowest BCUT2D eigenvalue weighted by atomic mass is 9.93. The van der Waals surface area contributed by atoms with Gasteiger partial charge in [-0.1, -0.05) is 43.0 Å². The van der Waals surface area contributed by atoms with Crippen LogP contribution >= 0.6 is 11.6 Å². The fraction of sp³-hybridized carbons (Fsp3) is 0.667. The van der Waals surface area contributed by atoms with Crippen molar-refractivity contribution in [2.24, 2.45) is 5.92 Å². The summed E-state index contributed by atoms with van der Waals surface area (Å²) in [5, 5.41) is 4.35. The number of hydrogen-bond acceptors (Lipinski definition) is 2. The molecule has 1 aliphatic carbocycles. The SMILES string of the molecule is CNC1CCCCCC1CN(C)C(C)c1ccc(Cl)cc1. The van der Waals surface area contributed by atoms with Gasteiger partial charge in [-0.3, -0.25) is 4.90 Å². The van der Waals surface area contributed by atoms with Crippen molar-refractivity contribution in [1.82, 2.24) is 10.2 Å². The van der Waals surface area contributed by atoms with Crippen molar-refractivity contribution in [1.29, 1.82) is 0 Å². The molecular weight excluding hydrogens is 280 g/mol. The first-order valence-electron chi connectivity index (χ1n) is 8.24. The molecule has 1 aromatic carbocycles. The molecule has 0 aromatic heterocycles. The molecule has 0 radical (unpaired) electrons. The molecule has 118 valence electrons. The molecular formula is C18H29ClN2. The van der Waals surface area contributed by atoms with Crippen LogP contribution in [0, 0.1) is 5.92 Å². The highest BCUT2D eigenvalue weighted by Gasteiger charge is 2.25. The fourth-order valence-electron chi connectivity index (χ4n) is 3.51. The van der Waals surface area contributed by atoms with Gasteiger partial charge in [0.25, 0.3) is 0 Å². The second kappa shape index (κ2) is 8.17. The molecule has 21 heavy (non-hydrogen) atoms. The topological polar surface area (TPSA) is 15.3 Å². The molecule has 1 aromatic rings. The second-order valence-corrected chi connectivity index (χ2v) is 6.90. The van der Waals surface area contributed by atoms with Gasteiger partial charge in [0, 0.05) is 23.7 Å². The van der Waals surface area contributed by atoms with Crippen LogP contribution in [0.5, 0.6) is 0 Å². The Labute approximate surface area is 134 Å². The maximum Gasteiger partial charge on any atom is 0.0406 e. The van der Waals surface area contributed by atoms with Crippen molar-refractivity contribution in [2.45, 2.75) is 51.1 Å². The molecule has 3 heteroatoms. The van der Waals surface area contributed by atoms with Crippen molar-refractivity contribution in [3.05, 3.63) is 34.9 Å². The molecule has 3 unspecified atom stereocenters. The number of nitrogens with one attached hydrogen (secondary N) is 1. The van der Waals surface area contributed by atoms with E-state index in [1.807, 2.05) is 12.1 Å². The molecule has 1 N–H and O–H groups in total. The molecule has 0 saturated heterocycles. The van der Waals surface area contributed by atoms with Crippen LogP contribution in [0.2, 0.25) is 5.02 Å². The van der Waals surface area contributed by atoms with Crippen molar-refractivity contribution in [2.75, 3.05) is 20.6 Å². The molecule has 2 nitrogen and oxygen atoms in total. The van der Waals surface area contributed by atoms with E-state index in [2.05, 4.69) is 43.4 Å². The molecule has 1 saturated carbocycles. The zero-order valence-corrected chi connectivity index (χ0v) is 14.4. The zero-order chi connectivity index (χ0) is 15.2. The van der Waals surface area contributed by atoms with E-state index in [4.69, 9.17) is 11.6 Å². The van der Waals surface area contributed by atoms with E-state index in [1.165, 1.54) is 37.7 Å². The highest BCUT2D eigenvalue weighted by atomic mass is 35.5. The van der Waals surface area contributed by atoms with E-state index in [-0.39, 0.29) is 0 Å². The van der Waals surface area contributed by atoms with E-state index < -0.39 is 0 Å². The molecule has 0 amide bonds. The summed E-state index contributed by atoms with van der Waals surface area (Å²) in [6.07, 6.45) is 6.82. The average molecular weight is 309 g/mol. The number of hydrogen-bond donors (Lipinski definition) is 1. The summed E-state index contributed by atoms with van der Waals surface area (Å²) in [7, 11) is 4.36. The Kier molecular flexibility index (Phi) is 6.53. The minimum Gasteiger partial charge on any atom is -0.317 e. The van der Waals surface area contributed by atoms with E-state index >= 15 is 0 Å². The third kappa shape index (κ3) is 4.70. The second-order valence-electron chi connectivity index (χ2n) is 6.46. The first kappa shape index (κ1) is 16.8. The third-order valence-electron chi connectivity index (χ3n) is 5.07. The summed E-state index contributed by atoms with van der Waals surface area (Å²) >= 11 is 5.99. The Hall–Kier alpha value is -0.570. The van der Waals surface area contributed by atoms with Crippen molar-refractivity contribution >= 4 is 11.6 Å². The fourth-order valence-corrected chi connectivity index (χ4v) is 3.63. The highest BCUT2D eigenvalue weighted by molar-refractivity contribution is 6.30. The Morgan fingerprint density at radius 3 is 2.52 bits per heavy atom. The van der Waals surface area contributed by atoms with Gasteiger partial charge in [0.2, 0.25) is 0 Å². The molecule has 1 fully saturated rings. The molecule has 2 rings (SSSR count). The maximum atomic E-state index is 5.99. The van der Waals surface area contributed by atoms with Crippen molar-refractivity contribution in [3.63, 3.8) is 0 Å². The Morgan fingerprint density at radius 2 is 1.86 bits per heavy atom. The summed E-state index contributed by atoms with van der Waals surface area (Å²) in [4.78, 5) is 2.49. The van der Waals surface area contributed by atoms with Crippen molar-refractivity contribution in [3.8, 4) is 0 Å². The molecule has 0 bridgehead atoms. The highest BCUT2D eigenvalue weighted by Crippen LogP contribution is 2.27. The van der Waals surface area contributed by atoms with E-state index in [0.29, 0.717) is 12.1 Å². The van der Waals surface area contributed by atoms with Gasteiger partial charge in [-0.05, 0) is 57.5 Å². The number of rotatable bonds is 5. The average Bonchev–Trinajstić information content (AvgIpc) is 2.72. The van der Waals surface area contributed by atoms with Crippen LogP contribution in [0.25, 0.3) is 0 Å². The summed E-state index contributed by atoms with van der Waals surface area (Å²) < 4.78 is 0. The third-order valence-corrected chi connectivity index (χ3v) is 5.32. The van der Waals surface area contributed by atoms with Gasteiger partial charge in [0.15, 0.2) is 0 Å². The first-order valence-corrected chi connectivity index (χ1v) is 8.62. The monoisotopic (exact) mass is 308 g/mol. The summed E-state index contributed by atoms with van der Waals surface area (Å²) in [5.74, 6) is 0.761. The lowest BCUT2D eigenvalue weighted by Crippen LogP contribution is -2.40. The smallest absolute Gasteiger partial charge is 0.0406 e. The van der Waals surface area contributed by atoms with Crippen LogP contribution in [0.15, 0.2) is 24.3 Å². The van der Waals surface area contributed by atoms with E-state index in [9.17, 15) is 0 Å². The van der Waals surface area contributed by atoms with Gasteiger partial charge < -0.3 is 5.32 Å². The van der Waals surface area contributed by atoms with Crippen LogP contribution < -0.4 is 5.32 Å². The van der Waals surface area contributed by atoms with Crippen LogP contribution in [0.1, 0.15) is 50.6 Å². The molecule has 0 heterocycles. The predicted octanol–water partition coefficient (Wildman–Crippen LogP) is 4.50. The minimum atomic E-state index is 0.433. The minimum absolute atomic E-state index is 0.433. The van der Waals surface area contributed by atoms with Crippen LogP contribution in [-0.2, 0) is 0 Å². The van der Waals surface area contributed by atoms with Gasteiger partial charge in [-0.25, -0.2) is 0 Å². The summed E-state index contributed by atoms with van der Waals surface area (Å²) in [6.45, 7) is 3.45. The molecule has 0 aliphatic heterocycles. The number of nitrogens with zero attached hydrogens (tertiary/aromatic N) is 1. The molecule has 3 atom stereocenters. The predicted molar refractivity (Wildman–Crippen MR) is 91.9 cm³/mol. The summed E-state index contributed by atoms with van der Waals surface area (Å²) in [5.41, 5.74) is 1.34. The Morgan fingerprint density at radius 1 is 1.19 bits per heavy atom. The normalized spacial score (nSPS) is 24.8. The van der Waals surface area contributed by atoms with E-state index in [0.717, 1.165) is 17.5 Å².